The molecule has 0 radical (unpaired) electrons. The third-order valence-electron chi connectivity index (χ3n) is 3.20. The number of nitrogens with zero attached hydrogens (tertiary/aromatic N) is 1. The zero-order valence-corrected chi connectivity index (χ0v) is 12.3. The molecular weight excluding hydrogens is 296 g/mol. The Morgan fingerprint density at radius 3 is 2.36 bits per heavy atom. The predicted molar refractivity (Wildman–Crippen MR) is 74.4 cm³/mol. The Hall–Kier alpha value is -2.31. The van der Waals surface area contributed by atoms with Crippen molar-refractivity contribution < 1.29 is 28.3 Å². The van der Waals surface area contributed by atoms with E-state index in [2.05, 4.69) is 0 Å². The maximum atomic E-state index is 13.0. The van der Waals surface area contributed by atoms with E-state index in [0.717, 1.165) is 18.2 Å². The molecule has 0 fully saturated rings. The van der Waals surface area contributed by atoms with Gasteiger partial charge in [0, 0.05) is 32.0 Å². The van der Waals surface area contributed by atoms with Crippen molar-refractivity contribution in [2.24, 2.45) is 5.92 Å². The monoisotopic (exact) mass is 313 g/mol. The van der Waals surface area contributed by atoms with E-state index in [9.17, 15) is 23.2 Å². The molecule has 0 spiro atoms. The summed E-state index contributed by atoms with van der Waals surface area (Å²) < 4.78 is 25.8. The summed E-state index contributed by atoms with van der Waals surface area (Å²) in [6.07, 6.45) is -0.281. The smallest absolute Gasteiger partial charge is 0.308 e. The SMILES string of the molecule is CC(CN(C)C(=O)CCC(=O)c1ccc(F)c(F)c1)C(=O)O. The highest BCUT2D eigenvalue weighted by atomic mass is 19.2. The summed E-state index contributed by atoms with van der Waals surface area (Å²) in [5, 5.41) is 8.77. The largest absolute Gasteiger partial charge is 0.481 e. The minimum atomic E-state index is -1.12. The number of hydrogen-bond acceptors (Lipinski definition) is 3. The van der Waals surface area contributed by atoms with Crippen LogP contribution in [0.1, 0.15) is 30.1 Å². The van der Waals surface area contributed by atoms with Crippen LogP contribution in [0.5, 0.6) is 0 Å². The van der Waals surface area contributed by atoms with E-state index < -0.39 is 29.3 Å². The number of aliphatic carboxylic acids is 1. The van der Waals surface area contributed by atoms with Crippen molar-refractivity contribution in [2.75, 3.05) is 13.6 Å². The maximum Gasteiger partial charge on any atom is 0.308 e. The van der Waals surface area contributed by atoms with Gasteiger partial charge in [0.2, 0.25) is 5.91 Å². The predicted octanol–water partition coefficient (Wildman–Crippen LogP) is 2.11. The highest BCUT2D eigenvalue weighted by Gasteiger charge is 2.18. The molecule has 1 N–H and O–H groups in total. The first-order valence-corrected chi connectivity index (χ1v) is 6.67. The van der Waals surface area contributed by atoms with Gasteiger partial charge < -0.3 is 10.0 Å². The number of carboxylic acids is 1. The first-order valence-electron chi connectivity index (χ1n) is 6.67. The lowest BCUT2D eigenvalue weighted by Gasteiger charge is -2.19. The molecule has 0 aliphatic heterocycles. The van der Waals surface area contributed by atoms with Crippen molar-refractivity contribution in [3.05, 3.63) is 35.4 Å². The van der Waals surface area contributed by atoms with Gasteiger partial charge in [0.05, 0.1) is 5.92 Å². The number of Topliss-reactive ketones (excluding diaryl/α,β-unsaturated/α-hetero) is 1. The summed E-state index contributed by atoms with van der Waals surface area (Å²) in [7, 11) is 1.45. The molecule has 0 saturated heterocycles. The van der Waals surface area contributed by atoms with E-state index >= 15 is 0 Å². The molecule has 120 valence electrons. The molecule has 0 aliphatic carbocycles. The number of halogens is 2. The van der Waals surface area contributed by atoms with Gasteiger partial charge in [-0.25, -0.2) is 8.78 Å². The van der Waals surface area contributed by atoms with Gasteiger partial charge in [-0.1, -0.05) is 6.92 Å². The van der Waals surface area contributed by atoms with Crippen LogP contribution in [0.4, 0.5) is 8.78 Å². The quantitative estimate of drug-likeness (QED) is 0.782. The van der Waals surface area contributed by atoms with Crippen LogP contribution in [0.15, 0.2) is 18.2 Å². The molecule has 0 aromatic heterocycles. The molecule has 0 bridgehead atoms. The fourth-order valence-corrected chi connectivity index (χ4v) is 1.82. The topological polar surface area (TPSA) is 74.7 Å². The molecule has 1 rings (SSSR count). The van der Waals surface area contributed by atoms with E-state index in [-0.39, 0.29) is 30.9 Å². The third-order valence-corrected chi connectivity index (χ3v) is 3.20. The highest BCUT2D eigenvalue weighted by Crippen LogP contribution is 2.12. The van der Waals surface area contributed by atoms with Crippen LogP contribution >= 0.6 is 0 Å². The lowest BCUT2D eigenvalue weighted by Crippen LogP contribution is -2.33. The van der Waals surface area contributed by atoms with Gasteiger partial charge in [0.25, 0.3) is 0 Å². The second kappa shape index (κ2) is 7.63. The molecule has 1 aromatic rings. The van der Waals surface area contributed by atoms with Gasteiger partial charge in [-0.15, -0.1) is 0 Å². The minimum absolute atomic E-state index is 0.00624. The number of carbonyl (C=O) groups excluding carboxylic acids is 2. The Morgan fingerprint density at radius 1 is 1.18 bits per heavy atom. The van der Waals surface area contributed by atoms with Gasteiger partial charge in [-0.2, -0.15) is 0 Å². The first kappa shape index (κ1) is 17.7. The van der Waals surface area contributed by atoms with Gasteiger partial charge in [0.1, 0.15) is 0 Å². The first-order chi connectivity index (χ1) is 10.2. The molecule has 7 heteroatoms. The molecular formula is C15H17F2NO4. The minimum Gasteiger partial charge on any atom is -0.481 e. The molecule has 1 aromatic carbocycles. The highest BCUT2D eigenvalue weighted by molar-refractivity contribution is 5.97. The summed E-state index contributed by atoms with van der Waals surface area (Å²) in [6.45, 7) is 1.51. The summed E-state index contributed by atoms with van der Waals surface area (Å²) in [5.74, 6) is -4.76. The van der Waals surface area contributed by atoms with Crippen LogP contribution in [-0.2, 0) is 9.59 Å². The average molecular weight is 313 g/mol. The standard InChI is InChI=1S/C15H17F2NO4/c1-9(15(21)22)8-18(2)14(20)6-5-13(19)10-3-4-11(16)12(17)7-10/h3-4,7,9H,5-6,8H2,1-2H3,(H,21,22). The molecule has 5 nitrogen and oxygen atoms in total. The number of carbonyl (C=O) groups is 3. The number of benzene rings is 1. The Bertz CT molecular complexity index is 589. The van der Waals surface area contributed by atoms with Crippen molar-refractivity contribution >= 4 is 17.7 Å². The normalized spacial score (nSPS) is 11.8. The summed E-state index contributed by atoms with van der Waals surface area (Å²) >= 11 is 0. The van der Waals surface area contributed by atoms with Gasteiger partial charge in [0.15, 0.2) is 17.4 Å². The maximum absolute atomic E-state index is 13.0. The number of amides is 1. The van der Waals surface area contributed by atoms with Crippen molar-refractivity contribution in [2.45, 2.75) is 19.8 Å². The molecule has 0 heterocycles. The van der Waals surface area contributed by atoms with Gasteiger partial charge in [-0.05, 0) is 18.2 Å². The molecule has 0 saturated carbocycles. The van der Waals surface area contributed by atoms with E-state index in [1.807, 2.05) is 0 Å². The van der Waals surface area contributed by atoms with Crippen LogP contribution in [0.2, 0.25) is 0 Å². The second-order valence-corrected chi connectivity index (χ2v) is 5.07. The molecule has 0 aliphatic rings. The Morgan fingerprint density at radius 2 is 1.82 bits per heavy atom. The lowest BCUT2D eigenvalue weighted by atomic mass is 10.1. The van der Waals surface area contributed by atoms with Gasteiger partial charge >= 0.3 is 5.97 Å². The van der Waals surface area contributed by atoms with Crippen LogP contribution < -0.4 is 0 Å². The van der Waals surface area contributed by atoms with E-state index in [0.29, 0.717) is 0 Å². The average Bonchev–Trinajstić information content (AvgIpc) is 2.46. The number of carboxylic acid groups (broad SMARTS) is 1. The lowest BCUT2D eigenvalue weighted by molar-refractivity contribution is -0.142. The van der Waals surface area contributed by atoms with Crippen molar-refractivity contribution in [3.63, 3.8) is 0 Å². The zero-order valence-electron chi connectivity index (χ0n) is 12.3. The summed E-state index contributed by atoms with van der Waals surface area (Å²) in [4.78, 5) is 35.6. The molecule has 1 atom stereocenters. The Labute approximate surface area is 126 Å². The Balaban J connectivity index is 2.54. The van der Waals surface area contributed by atoms with Crippen LogP contribution in [0.25, 0.3) is 0 Å². The number of rotatable bonds is 7. The van der Waals surface area contributed by atoms with Gasteiger partial charge in [-0.3, -0.25) is 14.4 Å². The van der Waals surface area contributed by atoms with Crippen molar-refractivity contribution in [1.82, 2.24) is 4.90 Å². The van der Waals surface area contributed by atoms with E-state index in [4.69, 9.17) is 5.11 Å². The molecule has 1 amide bonds. The molecule has 1 unspecified atom stereocenters. The fraction of sp³-hybridized carbons (Fsp3) is 0.400. The zero-order chi connectivity index (χ0) is 16.9. The second-order valence-electron chi connectivity index (χ2n) is 5.07. The van der Waals surface area contributed by atoms with Crippen molar-refractivity contribution in [1.29, 1.82) is 0 Å². The number of ketones is 1. The van der Waals surface area contributed by atoms with Crippen LogP contribution in [-0.4, -0.2) is 41.3 Å². The Kier molecular flexibility index (Phi) is 6.15. The summed E-state index contributed by atoms with van der Waals surface area (Å²) in [6, 6.07) is 2.80. The summed E-state index contributed by atoms with van der Waals surface area (Å²) in [5.41, 5.74) is -0.00624. The van der Waals surface area contributed by atoms with E-state index in [1.165, 1.54) is 18.9 Å². The van der Waals surface area contributed by atoms with E-state index in [1.54, 1.807) is 0 Å². The van der Waals surface area contributed by atoms with Crippen molar-refractivity contribution in [3.8, 4) is 0 Å². The molecule has 22 heavy (non-hydrogen) atoms. The number of hydrogen-bond donors (Lipinski definition) is 1. The van der Waals surface area contributed by atoms with Crippen LogP contribution in [0, 0.1) is 17.6 Å². The fourth-order valence-electron chi connectivity index (χ4n) is 1.82. The third kappa shape index (κ3) is 4.91. The van der Waals surface area contributed by atoms with Crippen LogP contribution in [0.3, 0.4) is 0 Å².